The highest BCUT2D eigenvalue weighted by atomic mass is 35.5. The van der Waals surface area contributed by atoms with Crippen LogP contribution in [0.5, 0.6) is 0 Å². The molecule has 21 heavy (non-hydrogen) atoms. The Morgan fingerprint density at radius 1 is 1.14 bits per heavy atom. The molecule has 0 N–H and O–H groups in total. The highest BCUT2D eigenvalue weighted by Gasteiger charge is 2.17. The van der Waals surface area contributed by atoms with Gasteiger partial charge in [-0.25, -0.2) is 9.97 Å². The van der Waals surface area contributed by atoms with Crippen molar-refractivity contribution in [3.05, 3.63) is 52.4 Å². The minimum atomic E-state index is -0.223. The first-order valence-corrected chi connectivity index (χ1v) is 7.54. The van der Waals surface area contributed by atoms with Gasteiger partial charge in [-0.05, 0) is 50.1 Å². The zero-order valence-corrected chi connectivity index (χ0v) is 13.6. The Morgan fingerprint density at radius 2 is 1.90 bits per heavy atom. The van der Waals surface area contributed by atoms with E-state index in [1.807, 2.05) is 17.6 Å². The number of nitrogens with zero attached hydrogens (tertiary/aromatic N) is 3. The standard InChI is InChI=1S/C16H15Cl2N3/c1-9-4-5-13(6-10(9)2)21-15(11(3)17)20-14-7-12(18)8-19-16(14)21/h4-8,11H,1-3H3. The van der Waals surface area contributed by atoms with Crippen molar-refractivity contribution in [2.45, 2.75) is 26.1 Å². The maximum atomic E-state index is 6.30. The first-order valence-electron chi connectivity index (χ1n) is 6.73. The molecule has 0 aliphatic rings. The minimum Gasteiger partial charge on any atom is -0.279 e. The zero-order valence-electron chi connectivity index (χ0n) is 12.1. The highest BCUT2D eigenvalue weighted by Crippen LogP contribution is 2.29. The van der Waals surface area contributed by atoms with Gasteiger partial charge >= 0.3 is 0 Å². The Balaban J connectivity index is 2.33. The molecule has 1 aromatic carbocycles. The van der Waals surface area contributed by atoms with E-state index >= 15 is 0 Å². The molecule has 2 aromatic heterocycles. The second kappa shape index (κ2) is 5.32. The van der Waals surface area contributed by atoms with Crippen LogP contribution in [0, 0.1) is 13.8 Å². The number of pyridine rings is 1. The monoisotopic (exact) mass is 319 g/mol. The predicted molar refractivity (Wildman–Crippen MR) is 87.6 cm³/mol. The second-order valence-corrected chi connectivity index (χ2v) is 6.28. The molecule has 0 bridgehead atoms. The summed E-state index contributed by atoms with van der Waals surface area (Å²) < 4.78 is 2.00. The van der Waals surface area contributed by atoms with Crippen molar-refractivity contribution in [2.75, 3.05) is 0 Å². The number of alkyl halides is 1. The van der Waals surface area contributed by atoms with Crippen LogP contribution in [0.15, 0.2) is 30.5 Å². The summed E-state index contributed by atoms with van der Waals surface area (Å²) in [4.78, 5) is 9.01. The smallest absolute Gasteiger partial charge is 0.164 e. The number of rotatable bonds is 2. The minimum absolute atomic E-state index is 0.223. The molecule has 0 radical (unpaired) electrons. The molecule has 0 aliphatic carbocycles. The van der Waals surface area contributed by atoms with Gasteiger partial charge in [-0.1, -0.05) is 17.7 Å². The number of halogens is 2. The molecule has 0 saturated carbocycles. The molecule has 3 rings (SSSR count). The summed E-state index contributed by atoms with van der Waals surface area (Å²) in [6, 6.07) is 8.08. The number of fused-ring (bicyclic) bond motifs is 1. The summed E-state index contributed by atoms with van der Waals surface area (Å²) in [5.74, 6) is 0.768. The fourth-order valence-corrected chi connectivity index (χ4v) is 2.64. The van der Waals surface area contributed by atoms with Gasteiger partial charge < -0.3 is 0 Å². The third kappa shape index (κ3) is 2.52. The molecular formula is C16H15Cl2N3. The summed E-state index contributed by atoms with van der Waals surface area (Å²) in [5, 5.41) is 0.348. The van der Waals surface area contributed by atoms with Gasteiger partial charge in [0.1, 0.15) is 11.3 Å². The van der Waals surface area contributed by atoms with Gasteiger partial charge in [-0.3, -0.25) is 4.57 Å². The number of benzene rings is 1. The van der Waals surface area contributed by atoms with Gasteiger partial charge in [0.05, 0.1) is 10.4 Å². The first kappa shape index (κ1) is 14.4. The van der Waals surface area contributed by atoms with E-state index < -0.39 is 0 Å². The fraction of sp³-hybridized carbons (Fsp3) is 0.250. The molecule has 0 saturated heterocycles. The van der Waals surface area contributed by atoms with Crippen LogP contribution in [-0.4, -0.2) is 14.5 Å². The molecule has 5 heteroatoms. The van der Waals surface area contributed by atoms with E-state index in [0.29, 0.717) is 5.02 Å². The van der Waals surface area contributed by atoms with Crippen LogP contribution in [0.2, 0.25) is 5.02 Å². The molecule has 2 heterocycles. The van der Waals surface area contributed by atoms with Crippen LogP contribution in [0.4, 0.5) is 0 Å². The Labute approximate surface area is 133 Å². The van der Waals surface area contributed by atoms with Crippen molar-refractivity contribution in [2.24, 2.45) is 0 Å². The van der Waals surface area contributed by atoms with Crippen molar-refractivity contribution in [1.29, 1.82) is 0 Å². The third-order valence-corrected chi connectivity index (χ3v) is 4.00. The zero-order chi connectivity index (χ0) is 15.1. The van der Waals surface area contributed by atoms with E-state index in [9.17, 15) is 0 Å². The number of hydrogen-bond donors (Lipinski definition) is 0. The van der Waals surface area contributed by atoms with E-state index in [4.69, 9.17) is 23.2 Å². The third-order valence-electron chi connectivity index (χ3n) is 3.59. The fourth-order valence-electron chi connectivity index (χ4n) is 2.34. The molecule has 0 amide bonds. The van der Waals surface area contributed by atoms with Crippen LogP contribution in [0.1, 0.15) is 29.3 Å². The molecular weight excluding hydrogens is 305 g/mol. The molecule has 0 aliphatic heterocycles. The molecule has 0 spiro atoms. The van der Waals surface area contributed by atoms with E-state index in [1.165, 1.54) is 11.1 Å². The highest BCUT2D eigenvalue weighted by molar-refractivity contribution is 6.31. The normalized spacial score (nSPS) is 12.8. The maximum absolute atomic E-state index is 6.30. The molecule has 1 atom stereocenters. The summed E-state index contributed by atoms with van der Waals surface area (Å²) in [7, 11) is 0. The average molecular weight is 320 g/mol. The van der Waals surface area contributed by atoms with Crippen LogP contribution in [0.3, 0.4) is 0 Å². The van der Waals surface area contributed by atoms with Crippen molar-refractivity contribution in [1.82, 2.24) is 14.5 Å². The first-order chi connectivity index (χ1) is 9.97. The number of aryl methyl sites for hydroxylation is 2. The van der Waals surface area contributed by atoms with Gasteiger partial charge in [0.2, 0.25) is 0 Å². The lowest BCUT2D eigenvalue weighted by atomic mass is 10.1. The molecule has 3 aromatic rings. The van der Waals surface area contributed by atoms with Crippen molar-refractivity contribution >= 4 is 34.4 Å². The second-order valence-electron chi connectivity index (χ2n) is 5.19. The Hall–Kier alpha value is -1.58. The summed E-state index contributed by atoms with van der Waals surface area (Å²) in [5.41, 5.74) is 5.00. The van der Waals surface area contributed by atoms with Gasteiger partial charge in [-0.2, -0.15) is 0 Å². The number of imidazole rings is 1. The SMILES string of the molecule is Cc1ccc(-n2c(C(C)Cl)nc3cc(Cl)cnc32)cc1C. The number of aromatic nitrogens is 3. The van der Waals surface area contributed by atoms with Crippen molar-refractivity contribution in [3.63, 3.8) is 0 Å². The molecule has 0 fully saturated rings. The van der Waals surface area contributed by atoms with Crippen molar-refractivity contribution < 1.29 is 0 Å². The van der Waals surface area contributed by atoms with Gasteiger partial charge in [-0.15, -0.1) is 11.6 Å². The number of hydrogen-bond acceptors (Lipinski definition) is 2. The Morgan fingerprint density at radius 3 is 2.57 bits per heavy atom. The van der Waals surface area contributed by atoms with E-state index in [2.05, 4.69) is 42.0 Å². The topological polar surface area (TPSA) is 30.7 Å². The van der Waals surface area contributed by atoms with Gasteiger partial charge in [0.25, 0.3) is 0 Å². The lowest BCUT2D eigenvalue weighted by Crippen LogP contribution is -2.03. The molecule has 3 nitrogen and oxygen atoms in total. The lowest BCUT2D eigenvalue weighted by molar-refractivity contribution is 0.876. The molecule has 108 valence electrons. The maximum Gasteiger partial charge on any atom is 0.164 e. The molecule has 1 unspecified atom stereocenters. The van der Waals surface area contributed by atoms with Crippen LogP contribution < -0.4 is 0 Å². The predicted octanol–water partition coefficient (Wildman–Crippen LogP) is 4.99. The van der Waals surface area contributed by atoms with Crippen LogP contribution in [0.25, 0.3) is 16.9 Å². The van der Waals surface area contributed by atoms with Gasteiger partial charge in [0, 0.05) is 11.9 Å². The summed E-state index contributed by atoms with van der Waals surface area (Å²) in [6.45, 7) is 6.09. The van der Waals surface area contributed by atoms with E-state index in [0.717, 1.165) is 22.7 Å². The Kier molecular flexibility index (Phi) is 3.64. The quantitative estimate of drug-likeness (QED) is 0.623. The van der Waals surface area contributed by atoms with Crippen LogP contribution in [-0.2, 0) is 0 Å². The largest absolute Gasteiger partial charge is 0.279 e. The summed E-state index contributed by atoms with van der Waals surface area (Å²) >= 11 is 12.3. The Bertz CT molecular complexity index is 822. The van der Waals surface area contributed by atoms with Crippen molar-refractivity contribution in [3.8, 4) is 5.69 Å². The lowest BCUT2D eigenvalue weighted by Gasteiger charge is -2.11. The van der Waals surface area contributed by atoms with E-state index in [1.54, 1.807) is 6.20 Å². The van der Waals surface area contributed by atoms with E-state index in [-0.39, 0.29) is 5.38 Å². The average Bonchev–Trinajstić information content (AvgIpc) is 2.80. The summed E-state index contributed by atoms with van der Waals surface area (Å²) in [6.07, 6.45) is 1.63. The van der Waals surface area contributed by atoms with Gasteiger partial charge in [0.15, 0.2) is 5.65 Å². The van der Waals surface area contributed by atoms with Crippen LogP contribution >= 0.6 is 23.2 Å².